The van der Waals surface area contributed by atoms with E-state index in [0.717, 1.165) is 116 Å². The summed E-state index contributed by atoms with van der Waals surface area (Å²) in [7, 11) is 5.31. The van der Waals surface area contributed by atoms with Crippen molar-refractivity contribution in [1.29, 1.82) is 0 Å². The molecule has 0 unspecified atom stereocenters. The van der Waals surface area contributed by atoms with Gasteiger partial charge in [-0.15, -0.1) is 0 Å². The average Bonchev–Trinajstić information content (AvgIpc) is 0.846. The van der Waals surface area contributed by atoms with Crippen molar-refractivity contribution in [3.8, 4) is 0 Å². The number of unbranched alkanes of at least 4 members (excludes halogenated alkanes) is 5. The van der Waals surface area contributed by atoms with E-state index in [0.29, 0.717) is 90.3 Å². The van der Waals surface area contributed by atoms with Crippen molar-refractivity contribution in [2.75, 3.05) is 113 Å². The van der Waals surface area contributed by atoms with E-state index in [1.54, 1.807) is 19.1 Å². The number of halogens is 2. The molecule has 1 atom stereocenters. The summed E-state index contributed by atoms with van der Waals surface area (Å²) >= 11 is 0. The highest BCUT2D eigenvalue weighted by atomic mass is 19.1. The summed E-state index contributed by atoms with van der Waals surface area (Å²) in [4.78, 5) is 132. The van der Waals surface area contributed by atoms with E-state index in [4.69, 9.17) is 9.47 Å². The summed E-state index contributed by atoms with van der Waals surface area (Å²) in [6.45, 7) is 84.4. The molecule has 137 heavy (non-hydrogen) atoms. The van der Waals surface area contributed by atoms with Crippen LogP contribution in [-0.4, -0.2) is 277 Å². The third kappa shape index (κ3) is 105. The summed E-state index contributed by atoms with van der Waals surface area (Å²) in [5.41, 5.74) is -1.27. The van der Waals surface area contributed by atoms with Crippen molar-refractivity contribution < 1.29 is 71.0 Å². The zero-order valence-corrected chi connectivity index (χ0v) is 95.6. The standard InChI is InChI=1S/2C11H21NO.C10H20N2O2.C10H22N2O.C10H21NO2.C10H21NO.C9H17FN2O.C9H18FNO.C9H20N2O.C9H19NO.C8H16N2O/c1-11(2,3)12-10(13)8-7-9-5-4-6-9;1-11(2,3)12-10(13)9-7-5-4-6-8-9;1-10(2,3)11-9(13)7-12-5-8(6-12)14-4;1-6-12(7-2)8-9(13)11-10(3,4)5;1-10(2,3)11-9(12)7-5-6-8-13-4;1-5-6-7-8-9(12)11-10(2,3)4;1-9(2,3)11-8(13)6-12-4-7(10)5-12;1-9(2,3)11-8(12)6-4-5-7-10;1-6-11(5)7-8(12)10-9(2,3)4;1-5-6-7-8(11)10-9(2,3)4;1-8(2,3)10-7(11)6-4-5-9-6/h2*9H,4-8H2,1-3H3,(H,12,13);8H,5-7H2,1-4H3,(H,11,13);6-8H2,1-5H3,(H,11,13);5-8H2,1-4H3,(H,11,12);5-8H2,1-4H3,(H,11,12);7H,4-6H2,1-3H3,(H,11,13);4-7H2,1-3H3,(H,11,12);6-7H2,1-5H3,(H,10,12);5-7H2,1-4H3,(H,10,11);6,9H,4-5H2,1-3H3,(H,10,11)/t;;;;;;;;;;6-/m..........0/s1. The topological polar surface area (TPSA) is 364 Å². The van der Waals surface area contributed by atoms with Gasteiger partial charge < -0.3 is 73.3 Å². The smallest absolute Gasteiger partial charge is 0.237 e. The highest BCUT2D eigenvalue weighted by Crippen LogP contribution is 2.30. The largest absolute Gasteiger partial charge is 0.385 e. The molecule has 0 radical (unpaired) electrons. The van der Waals surface area contributed by atoms with Gasteiger partial charge in [-0.1, -0.05) is 92.4 Å². The van der Waals surface area contributed by atoms with Crippen LogP contribution in [0.4, 0.5) is 8.78 Å². The number of hydrogen-bond donors (Lipinski definition) is 12. The maximum Gasteiger partial charge on any atom is 0.237 e. The van der Waals surface area contributed by atoms with Gasteiger partial charge in [-0.2, -0.15) is 0 Å². The van der Waals surface area contributed by atoms with Crippen LogP contribution in [0.5, 0.6) is 0 Å². The second-order valence-electron chi connectivity index (χ2n) is 48.4. The van der Waals surface area contributed by atoms with E-state index in [1.165, 1.54) is 44.9 Å². The SMILES string of the molecule is CC(C)(C)NC(=O)C1CCCCC1.CC(C)(C)NC(=O)CCC1CCC1.CC(C)(C)NC(=O)CCCCF.CC(C)(C)NC(=O)CN1CC(F)C1.CC(C)(C)NC(=O)[C@@H]1CCN1.CCCCC(=O)NC(C)(C)C.CCCCCC(=O)NC(C)(C)C.CCN(C)CC(=O)NC(C)(C)C.CCN(CC)CC(=O)NC(C)(C)C.COC1CN(CC(=O)NC(C)(C)C)C1.COCCCCC(=O)NC(C)(C)C. The van der Waals surface area contributed by atoms with E-state index in [9.17, 15) is 61.5 Å². The fourth-order valence-corrected chi connectivity index (χ4v) is 12.8. The molecule has 31 heteroatoms. The summed E-state index contributed by atoms with van der Waals surface area (Å²) in [5.74, 6) is 2.46. The number of carbonyl (C=O) groups excluding carboxylic acids is 11. The van der Waals surface area contributed by atoms with Crippen molar-refractivity contribution in [2.24, 2.45) is 11.8 Å². The second kappa shape index (κ2) is 72.9. The third-order valence-corrected chi connectivity index (χ3v) is 19.4. The van der Waals surface area contributed by atoms with Crippen LogP contribution >= 0.6 is 0 Å². The molecule has 0 spiro atoms. The Labute approximate surface area is 836 Å². The van der Waals surface area contributed by atoms with Gasteiger partial charge in [0.15, 0.2) is 0 Å². The van der Waals surface area contributed by atoms with Gasteiger partial charge in [0.2, 0.25) is 65.0 Å². The number of likely N-dealkylation sites (N-methyl/N-ethyl adjacent to an activating group) is 2. The Morgan fingerprint density at radius 2 is 0.664 bits per heavy atom. The molecule has 0 aromatic carbocycles. The van der Waals surface area contributed by atoms with E-state index in [2.05, 4.69) is 101 Å². The molecular formula is C106H216F2N16O13. The first-order valence-corrected chi connectivity index (χ1v) is 51.5. The van der Waals surface area contributed by atoms with Crippen molar-refractivity contribution >= 4 is 65.0 Å². The Hall–Kier alpha value is -6.25. The summed E-state index contributed by atoms with van der Waals surface area (Å²) in [6, 6.07) is 0.0641. The molecule has 3 aliphatic heterocycles. The van der Waals surface area contributed by atoms with E-state index < -0.39 is 6.17 Å². The molecule has 5 fully saturated rings. The monoisotopic (exact) mass is 1960 g/mol. The van der Waals surface area contributed by atoms with E-state index in [1.807, 2.05) is 247 Å². The average molecular weight is 1960 g/mol. The Morgan fingerprint density at radius 1 is 0.350 bits per heavy atom. The molecule has 29 nitrogen and oxygen atoms in total. The van der Waals surface area contributed by atoms with Gasteiger partial charge in [-0.05, 0) is 332 Å². The van der Waals surface area contributed by atoms with Crippen LogP contribution < -0.4 is 63.8 Å². The fraction of sp³-hybridized carbons (Fsp3) is 0.896. The fourth-order valence-electron chi connectivity index (χ4n) is 12.8. The first-order chi connectivity index (χ1) is 62.3. The normalized spacial score (nSPS) is 15.5. The Kier molecular flexibility index (Phi) is 75.3. The zero-order valence-electron chi connectivity index (χ0n) is 95.6. The van der Waals surface area contributed by atoms with Gasteiger partial charge >= 0.3 is 0 Å². The number of alkyl halides is 2. The van der Waals surface area contributed by atoms with Crippen LogP contribution in [0.15, 0.2) is 0 Å². The number of hydrogen-bond acceptors (Lipinski definition) is 18. The first kappa shape index (κ1) is 141. The van der Waals surface area contributed by atoms with Crippen molar-refractivity contribution in [2.45, 2.75) is 496 Å². The predicted molar refractivity (Wildman–Crippen MR) is 565 cm³/mol. The van der Waals surface area contributed by atoms with E-state index >= 15 is 0 Å². The Balaban J connectivity index is -0.000000345. The maximum atomic E-state index is 12.4. The molecule has 0 aromatic rings. The van der Waals surface area contributed by atoms with Crippen LogP contribution in [0.25, 0.3) is 0 Å². The number of likely N-dealkylation sites (tertiary alicyclic amines) is 2. The molecule has 5 rings (SSSR count). The van der Waals surface area contributed by atoms with Crippen LogP contribution in [0.1, 0.15) is 417 Å². The van der Waals surface area contributed by atoms with Gasteiger partial charge in [-0.3, -0.25) is 76.7 Å². The number of nitrogens with one attached hydrogen (secondary N) is 12. The van der Waals surface area contributed by atoms with Gasteiger partial charge in [0.05, 0.1) is 45.0 Å². The minimum Gasteiger partial charge on any atom is -0.385 e. The molecule has 0 aromatic heterocycles. The lowest BCUT2D eigenvalue weighted by Gasteiger charge is -2.38. The van der Waals surface area contributed by atoms with Crippen LogP contribution in [0.3, 0.4) is 0 Å². The Morgan fingerprint density at radius 3 is 0.956 bits per heavy atom. The number of amides is 11. The van der Waals surface area contributed by atoms with Gasteiger partial charge in [0, 0.05) is 146 Å². The molecule has 3 heterocycles. The molecule has 11 amide bonds. The van der Waals surface area contributed by atoms with Gasteiger partial charge in [-0.25, -0.2) is 4.39 Å². The number of methoxy groups -OCH3 is 2. The summed E-state index contributed by atoms with van der Waals surface area (Å²) in [6.07, 6.45) is 23.1. The Bertz CT molecular complexity index is 3190. The van der Waals surface area contributed by atoms with Crippen LogP contribution in [0, 0.1) is 11.8 Å². The van der Waals surface area contributed by atoms with Crippen molar-refractivity contribution in [1.82, 2.24) is 83.4 Å². The summed E-state index contributed by atoms with van der Waals surface area (Å²) in [5, 5.41) is 35.2. The lowest BCUT2D eigenvalue weighted by atomic mass is 9.82. The number of carbonyl (C=O) groups is 11. The van der Waals surface area contributed by atoms with Crippen LogP contribution in [-0.2, 0) is 62.2 Å². The van der Waals surface area contributed by atoms with Gasteiger partial charge in [0.25, 0.3) is 0 Å². The third-order valence-electron chi connectivity index (χ3n) is 19.4. The van der Waals surface area contributed by atoms with Crippen molar-refractivity contribution in [3.05, 3.63) is 0 Å². The summed E-state index contributed by atoms with van der Waals surface area (Å²) < 4.78 is 34.1. The molecular weight excluding hydrogens is 1740 g/mol. The lowest BCUT2D eigenvalue weighted by molar-refractivity contribution is -0.128. The van der Waals surface area contributed by atoms with Crippen molar-refractivity contribution in [3.63, 3.8) is 0 Å². The molecule has 812 valence electrons. The maximum absolute atomic E-state index is 12.4. The molecule has 12 N–H and O–H groups in total. The molecule has 3 saturated heterocycles. The highest BCUT2D eigenvalue weighted by Gasteiger charge is 2.32. The van der Waals surface area contributed by atoms with Gasteiger partial charge in [0.1, 0.15) is 6.17 Å². The lowest BCUT2D eigenvalue weighted by Crippen LogP contribution is -2.56. The zero-order chi connectivity index (χ0) is 108. The van der Waals surface area contributed by atoms with E-state index in [-0.39, 0.29) is 145 Å². The molecule has 2 saturated carbocycles. The second-order valence-corrected chi connectivity index (χ2v) is 48.4. The highest BCUT2D eigenvalue weighted by molar-refractivity contribution is 5.84. The number of ether oxygens (including phenoxy) is 2. The number of rotatable bonds is 33. The van der Waals surface area contributed by atoms with Crippen LogP contribution in [0.2, 0.25) is 0 Å². The minimum absolute atomic E-state index is 0.0101. The molecule has 2 aliphatic carbocycles. The molecule has 5 aliphatic rings. The quantitative estimate of drug-likeness (QED) is 0.0272. The minimum atomic E-state index is -0.734. The number of nitrogens with zero attached hydrogens (tertiary/aromatic N) is 4. The molecule has 0 bridgehead atoms. The first-order valence-electron chi connectivity index (χ1n) is 51.5. The predicted octanol–water partition coefficient (Wildman–Crippen LogP) is 16.4.